The molecule has 1 aromatic heterocycles. The third-order valence-corrected chi connectivity index (χ3v) is 5.70. The quantitative estimate of drug-likeness (QED) is 0.319. The summed E-state index contributed by atoms with van der Waals surface area (Å²) in [5.41, 5.74) is 5.08. The SMILES string of the molecule is COc1cc2occ(-c3ccccc3OC)c2cc1/C(C)=C/C(=O)NCc1ccc(Cl)cc1. The molecule has 0 aliphatic heterocycles. The van der Waals surface area contributed by atoms with Crippen molar-refractivity contribution in [3.63, 3.8) is 0 Å². The number of hydrogen-bond acceptors (Lipinski definition) is 4. The highest BCUT2D eigenvalue weighted by atomic mass is 35.5. The van der Waals surface area contributed by atoms with Crippen molar-refractivity contribution in [2.24, 2.45) is 0 Å². The minimum Gasteiger partial charge on any atom is -0.496 e. The summed E-state index contributed by atoms with van der Waals surface area (Å²) in [5, 5.41) is 4.48. The van der Waals surface area contributed by atoms with E-state index in [1.165, 1.54) is 0 Å². The highest BCUT2D eigenvalue weighted by molar-refractivity contribution is 6.30. The van der Waals surface area contributed by atoms with Crippen LogP contribution in [0.2, 0.25) is 5.02 Å². The Hall–Kier alpha value is -3.70. The van der Waals surface area contributed by atoms with E-state index in [1.54, 1.807) is 38.7 Å². The lowest BCUT2D eigenvalue weighted by atomic mass is 9.98. The van der Waals surface area contributed by atoms with Gasteiger partial charge in [0.15, 0.2) is 0 Å². The minimum atomic E-state index is -0.193. The van der Waals surface area contributed by atoms with Crippen molar-refractivity contribution in [3.05, 3.63) is 89.2 Å². The average molecular weight is 462 g/mol. The number of hydrogen-bond donors (Lipinski definition) is 1. The Morgan fingerprint density at radius 2 is 1.73 bits per heavy atom. The summed E-state index contributed by atoms with van der Waals surface area (Å²) in [5.74, 6) is 1.19. The average Bonchev–Trinajstić information content (AvgIpc) is 3.25. The lowest BCUT2D eigenvalue weighted by Gasteiger charge is -2.11. The third kappa shape index (κ3) is 4.89. The van der Waals surface area contributed by atoms with E-state index in [-0.39, 0.29) is 5.91 Å². The van der Waals surface area contributed by atoms with Gasteiger partial charge in [-0.05, 0) is 42.3 Å². The van der Waals surface area contributed by atoms with E-state index in [0.29, 0.717) is 22.9 Å². The fourth-order valence-corrected chi connectivity index (χ4v) is 3.85. The number of ether oxygens (including phenoxy) is 2. The fourth-order valence-electron chi connectivity index (χ4n) is 3.72. The molecule has 0 aliphatic carbocycles. The number of amides is 1. The standard InChI is InChI=1S/C27H24ClNO4/c1-17(12-27(30)29-15-18-8-10-19(28)11-9-18)21-13-22-23(16-33-26(22)14-25(21)32-3)20-6-4-5-7-24(20)31-2/h4-14,16H,15H2,1-3H3,(H,29,30)/b17-12+. The van der Waals surface area contributed by atoms with Crippen molar-refractivity contribution < 1.29 is 18.7 Å². The summed E-state index contributed by atoms with van der Waals surface area (Å²) in [4.78, 5) is 12.6. The molecule has 1 N–H and O–H groups in total. The molecule has 4 aromatic rings. The predicted molar refractivity (Wildman–Crippen MR) is 132 cm³/mol. The Bertz CT molecular complexity index is 1320. The lowest BCUT2D eigenvalue weighted by Crippen LogP contribution is -2.20. The molecule has 0 bridgehead atoms. The van der Waals surface area contributed by atoms with E-state index in [4.69, 9.17) is 25.5 Å². The summed E-state index contributed by atoms with van der Waals surface area (Å²) >= 11 is 5.92. The molecular weight excluding hydrogens is 438 g/mol. The first kappa shape index (κ1) is 22.5. The summed E-state index contributed by atoms with van der Waals surface area (Å²) in [6.45, 7) is 2.30. The zero-order valence-electron chi connectivity index (χ0n) is 18.6. The Balaban J connectivity index is 1.65. The number of benzene rings is 3. The first-order chi connectivity index (χ1) is 16.0. The van der Waals surface area contributed by atoms with Crippen LogP contribution in [0.1, 0.15) is 18.1 Å². The number of methoxy groups -OCH3 is 2. The second-order valence-corrected chi connectivity index (χ2v) is 8.01. The van der Waals surface area contributed by atoms with Crippen LogP contribution in [0, 0.1) is 0 Å². The van der Waals surface area contributed by atoms with E-state index in [2.05, 4.69) is 5.32 Å². The van der Waals surface area contributed by atoms with Gasteiger partial charge in [-0.1, -0.05) is 41.9 Å². The molecule has 3 aromatic carbocycles. The maximum Gasteiger partial charge on any atom is 0.244 e. The minimum absolute atomic E-state index is 0.193. The van der Waals surface area contributed by atoms with Gasteiger partial charge in [-0.2, -0.15) is 0 Å². The number of nitrogens with one attached hydrogen (secondary N) is 1. The monoisotopic (exact) mass is 461 g/mol. The number of halogens is 1. The molecule has 1 amide bonds. The fraction of sp³-hybridized carbons (Fsp3) is 0.148. The molecule has 1 heterocycles. The van der Waals surface area contributed by atoms with E-state index >= 15 is 0 Å². The maximum absolute atomic E-state index is 12.6. The Kier molecular flexibility index (Phi) is 6.71. The Labute approximate surface area is 197 Å². The summed E-state index contributed by atoms with van der Waals surface area (Å²) in [7, 11) is 3.24. The van der Waals surface area contributed by atoms with Crippen LogP contribution in [-0.4, -0.2) is 20.1 Å². The molecule has 5 nitrogen and oxygen atoms in total. The van der Waals surface area contributed by atoms with Crippen LogP contribution in [0.5, 0.6) is 11.5 Å². The zero-order valence-corrected chi connectivity index (χ0v) is 19.4. The molecule has 0 aliphatic rings. The first-order valence-electron chi connectivity index (χ1n) is 10.4. The highest BCUT2D eigenvalue weighted by Crippen LogP contribution is 2.40. The molecule has 0 unspecified atom stereocenters. The molecule has 33 heavy (non-hydrogen) atoms. The van der Waals surface area contributed by atoms with Crippen LogP contribution < -0.4 is 14.8 Å². The number of furan rings is 1. The molecular formula is C27H24ClNO4. The number of para-hydroxylation sites is 1. The van der Waals surface area contributed by atoms with E-state index < -0.39 is 0 Å². The third-order valence-electron chi connectivity index (χ3n) is 5.45. The Morgan fingerprint density at radius 1 is 1.00 bits per heavy atom. The number of carbonyl (C=O) groups excluding carboxylic acids is 1. The summed E-state index contributed by atoms with van der Waals surface area (Å²) in [6.07, 6.45) is 3.28. The zero-order chi connectivity index (χ0) is 23.4. The molecule has 0 spiro atoms. The van der Waals surface area contributed by atoms with Crippen LogP contribution in [0.15, 0.2) is 77.4 Å². The molecule has 4 rings (SSSR count). The predicted octanol–water partition coefficient (Wildman–Crippen LogP) is 6.49. The van der Waals surface area contributed by atoms with Gasteiger partial charge in [0.2, 0.25) is 5.91 Å². The van der Waals surface area contributed by atoms with Crippen LogP contribution >= 0.6 is 11.6 Å². The number of carbonyl (C=O) groups is 1. The molecule has 6 heteroatoms. The Morgan fingerprint density at radius 3 is 2.45 bits per heavy atom. The summed E-state index contributed by atoms with van der Waals surface area (Å²) in [6, 6.07) is 19.0. The van der Waals surface area contributed by atoms with Gasteiger partial charge in [0.25, 0.3) is 0 Å². The van der Waals surface area contributed by atoms with Crippen LogP contribution in [0.3, 0.4) is 0 Å². The van der Waals surface area contributed by atoms with Gasteiger partial charge < -0.3 is 19.2 Å². The lowest BCUT2D eigenvalue weighted by molar-refractivity contribution is -0.116. The van der Waals surface area contributed by atoms with Crippen molar-refractivity contribution in [1.29, 1.82) is 0 Å². The first-order valence-corrected chi connectivity index (χ1v) is 10.8. The molecule has 0 atom stereocenters. The number of fused-ring (bicyclic) bond motifs is 1. The van der Waals surface area contributed by atoms with Gasteiger partial charge in [-0.25, -0.2) is 0 Å². The van der Waals surface area contributed by atoms with Crippen molar-refractivity contribution in [1.82, 2.24) is 5.32 Å². The van der Waals surface area contributed by atoms with E-state index in [1.807, 2.05) is 55.5 Å². The van der Waals surface area contributed by atoms with Gasteiger partial charge in [-0.15, -0.1) is 0 Å². The van der Waals surface area contributed by atoms with Gasteiger partial charge in [0.1, 0.15) is 17.1 Å². The van der Waals surface area contributed by atoms with Gasteiger partial charge >= 0.3 is 0 Å². The molecule has 0 saturated heterocycles. The normalized spacial score (nSPS) is 11.5. The smallest absolute Gasteiger partial charge is 0.244 e. The molecule has 0 fully saturated rings. The highest BCUT2D eigenvalue weighted by Gasteiger charge is 2.17. The number of allylic oxidation sites excluding steroid dienone is 1. The maximum atomic E-state index is 12.6. The molecule has 168 valence electrons. The largest absolute Gasteiger partial charge is 0.496 e. The topological polar surface area (TPSA) is 60.7 Å². The van der Waals surface area contributed by atoms with Crippen molar-refractivity contribution in [2.45, 2.75) is 13.5 Å². The van der Waals surface area contributed by atoms with Crippen LogP contribution in [0.4, 0.5) is 0 Å². The second-order valence-electron chi connectivity index (χ2n) is 7.57. The van der Waals surface area contributed by atoms with Crippen molar-refractivity contribution in [3.8, 4) is 22.6 Å². The van der Waals surface area contributed by atoms with Gasteiger partial charge in [-0.3, -0.25) is 4.79 Å². The van der Waals surface area contributed by atoms with Crippen LogP contribution in [-0.2, 0) is 11.3 Å². The van der Waals surface area contributed by atoms with E-state index in [9.17, 15) is 4.79 Å². The molecule has 0 saturated carbocycles. The van der Waals surface area contributed by atoms with Crippen LogP contribution in [0.25, 0.3) is 27.7 Å². The number of rotatable bonds is 7. The molecule has 0 radical (unpaired) electrons. The summed E-state index contributed by atoms with van der Waals surface area (Å²) < 4.78 is 16.9. The second kappa shape index (κ2) is 9.84. The van der Waals surface area contributed by atoms with Crippen molar-refractivity contribution in [2.75, 3.05) is 14.2 Å². The van der Waals surface area contributed by atoms with Gasteiger partial charge in [0.05, 0.1) is 20.5 Å². The van der Waals surface area contributed by atoms with Gasteiger partial charge in [0, 0.05) is 45.8 Å². The van der Waals surface area contributed by atoms with E-state index in [0.717, 1.165) is 39.0 Å². The van der Waals surface area contributed by atoms with Crippen molar-refractivity contribution >= 4 is 34.1 Å².